The quantitative estimate of drug-likeness (QED) is 0.850. The lowest BCUT2D eigenvalue weighted by atomic mass is 9.95. The van der Waals surface area contributed by atoms with Crippen molar-refractivity contribution in [2.45, 2.75) is 33.2 Å². The molecule has 0 saturated heterocycles. The molecule has 1 N–H and O–H groups in total. The minimum absolute atomic E-state index is 0.0425. The van der Waals surface area contributed by atoms with E-state index in [9.17, 15) is 4.39 Å². The van der Waals surface area contributed by atoms with Crippen LogP contribution in [0.1, 0.15) is 42.1 Å². The van der Waals surface area contributed by atoms with E-state index in [1.807, 2.05) is 6.92 Å². The van der Waals surface area contributed by atoms with Crippen molar-refractivity contribution in [3.8, 4) is 0 Å². The van der Waals surface area contributed by atoms with E-state index in [4.69, 9.17) is 0 Å². The van der Waals surface area contributed by atoms with Crippen LogP contribution in [0.25, 0.3) is 0 Å². The van der Waals surface area contributed by atoms with Gasteiger partial charge >= 0.3 is 0 Å². The van der Waals surface area contributed by atoms with Crippen molar-refractivity contribution in [2.24, 2.45) is 0 Å². The summed E-state index contributed by atoms with van der Waals surface area (Å²) in [5, 5.41) is 3.45. The lowest BCUT2D eigenvalue weighted by molar-refractivity contribution is 0.601. The Morgan fingerprint density at radius 2 is 1.85 bits per heavy atom. The van der Waals surface area contributed by atoms with Gasteiger partial charge in [-0.05, 0) is 54.3 Å². The van der Waals surface area contributed by atoms with Crippen molar-refractivity contribution in [2.75, 3.05) is 6.54 Å². The van der Waals surface area contributed by atoms with E-state index in [1.54, 1.807) is 12.1 Å². The highest BCUT2D eigenvalue weighted by atomic mass is 19.1. The summed E-state index contributed by atoms with van der Waals surface area (Å²) in [5.41, 5.74) is 4.43. The van der Waals surface area contributed by atoms with Crippen molar-refractivity contribution >= 4 is 0 Å². The fourth-order valence-electron chi connectivity index (χ4n) is 2.56. The Morgan fingerprint density at radius 1 is 1.05 bits per heavy atom. The van der Waals surface area contributed by atoms with Crippen LogP contribution in [0.15, 0.2) is 42.5 Å². The number of benzene rings is 2. The van der Waals surface area contributed by atoms with Crippen molar-refractivity contribution in [3.63, 3.8) is 0 Å². The predicted molar refractivity (Wildman–Crippen MR) is 82.5 cm³/mol. The molecule has 1 atom stereocenters. The van der Waals surface area contributed by atoms with Crippen molar-refractivity contribution in [1.82, 2.24) is 5.32 Å². The van der Waals surface area contributed by atoms with Crippen LogP contribution < -0.4 is 5.32 Å². The second kappa shape index (κ2) is 6.67. The fourth-order valence-corrected chi connectivity index (χ4v) is 2.56. The monoisotopic (exact) mass is 271 g/mol. The van der Waals surface area contributed by atoms with Gasteiger partial charge in [-0.25, -0.2) is 4.39 Å². The minimum Gasteiger partial charge on any atom is -0.307 e. The number of nitrogens with one attached hydrogen (secondary N) is 1. The van der Waals surface area contributed by atoms with Crippen LogP contribution in [-0.2, 0) is 6.42 Å². The van der Waals surface area contributed by atoms with Gasteiger partial charge in [-0.1, -0.05) is 44.2 Å². The van der Waals surface area contributed by atoms with Gasteiger partial charge in [-0.15, -0.1) is 0 Å². The summed E-state index contributed by atoms with van der Waals surface area (Å²) in [5.74, 6) is -0.172. The zero-order chi connectivity index (χ0) is 14.5. The van der Waals surface area contributed by atoms with Gasteiger partial charge in [0, 0.05) is 0 Å². The van der Waals surface area contributed by atoms with Crippen LogP contribution in [0.5, 0.6) is 0 Å². The Balaban J connectivity index is 2.43. The topological polar surface area (TPSA) is 12.0 Å². The highest BCUT2D eigenvalue weighted by molar-refractivity contribution is 5.36. The molecule has 0 saturated carbocycles. The second-order valence-electron chi connectivity index (χ2n) is 5.15. The van der Waals surface area contributed by atoms with Gasteiger partial charge in [0.05, 0.1) is 6.04 Å². The lowest BCUT2D eigenvalue weighted by Crippen LogP contribution is -2.22. The Morgan fingerprint density at radius 3 is 2.50 bits per heavy atom. The zero-order valence-corrected chi connectivity index (χ0v) is 12.4. The number of halogens is 1. The van der Waals surface area contributed by atoms with Gasteiger partial charge in [0.15, 0.2) is 0 Å². The third-order valence-corrected chi connectivity index (χ3v) is 3.50. The molecule has 0 bridgehead atoms. The largest absolute Gasteiger partial charge is 0.307 e. The van der Waals surface area contributed by atoms with E-state index in [0.29, 0.717) is 0 Å². The fraction of sp³-hybridized carbons (Fsp3) is 0.333. The van der Waals surface area contributed by atoms with E-state index >= 15 is 0 Å². The first-order valence-electron chi connectivity index (χ1n) is 7.23. The number of hydrogen-bond acceptors (Lipinski definition) is 1. The maximum atomic E-state index is 13.7. The molecule has 2 heteroatoms. The van der Waals surface area contributed by atoms with Crippen LogP contribution >= 0.6 is 0 Å². The van der Waals surface area contributed by atoms with Gasteiger partial charge in [0.1, 0.15) is 5.82 Å². The van der Waals surface area contributed by atoms with Gasteiger partial charge in [-0.3, -0.25) is 0 Å². The molecule has 0 amide bonds. The maximum Gasteiger partial charge on any atom is 0.123 e. The van der Waals surface area contributed by atoms with Crippen molar-refractivity contribution in [3.05, 3.63) is 70.5 Å². The third kappa shape index (κ3) is 3.45. The minimum atomic E-state index is -0.172. The van der Waals surface area contributed by atoms with Crippen LogP contribution in [0.4, 0.5) is 4.39 Å². The first-order valence-corrected chi connectivity index (χ1v) is 7.23. The molecule has 0 fully saturated rings. The number of aryl methyl sites for hydroxylation is 2. The molecular weight excluding hydrogens is 249 g/mol. The van der Waals surface area contributed by atoms with E-state index in [-0.39, 0.29) is 11.9 Å². The molecule has 0 radical (unpaired) electrons. The molecule has 0 aliphatic carbocycles. The molecule has 2 aromatic carbocycles. The average Bonchev–Trinajstić information content (AvgIpc) is 2.43. The molecule has 2 aromatic rings. The number of rotatable bonds is 5. The summed E-state index contributed by atoms with van der Waals surface area (Å²) < 4.78 is 13.7. The maximum absolute atomic E-state index is 13.7. The summed E-state index contributed by atoms with van der Waals surface area (Å²) in [6, 6.07) is 13.8. The Labute approximate surface area is 120 Å². The summed E-state index contributed by atoms with van der Waals surface area (Å²) in [7, 11) is 0. The van der Waals surface area contributed by atoms with Crippen molar-refractivity contribution in [1.29, 1.82) is 0 Å². The highest BCUT2D eigenvalue weighted by Crippen LogP contribution is 2.24. The van der Waals surface area contributed by atoms with Crippen molar-refractivity contribution < 1.29 is 4.39 Å². The summed E-state index contributed by atoms with van der Waals surface area (Å²) in [6.07, 6.45) is 1.01. The normalized spacial score (nSPS) is 12.4. The zero-order valence-electron chi connectivity index (χ0n) is 12.4. The molecule has 0 spiro atoms. The molecule has 20 heavy (non-hydrogen) atoms. The summed E-state index contributed by atoms with van der Waals surface area (Å²) in [4.78, 5) is 0. The lowest BCUT2D eigenvalue weighted by Gasteiger charge is -2.20. The molecule has 0 aliphatic heterocycles. The molecule has 106 valence electrons. The van der Waals surface area contributed by atoms with Gasteiger partial charge in [0.25, 0.3) is 0 Å². The Bertz CT molecular complexity index is 557. The molecule has 1 unspecified atom stereocenters. The molecular formula is C18H22FN. The van der Waals surface area contributed by atoms with Crippen LogP contribution in [0.2, 0.25) is 0 Å². The van der Waals surface area contributed by atoms with Gasteiger partial charge < -0.3 is 5.32 Å². The smallest absolute Gasteiger partial charge is 0.123 e. The molecule has 0 aromatic heterocycles. The Hall–Kier alpha value is -1.67. The van der Waals surface area contributed by atoms with Gasteiger partial charge in [-0.2, -0.15) is 0 Å². The number of hydrogen-bond donors (Lipinski definition) is 1. The molecule has 0 heterocycles. The highest BCUT2D eigenvalue weighted by Gasteiger charge is 2.14. The second-order valence-corrected chi connectivity index (χ2v) is 5.15. The average molecular weight is 271 g/mol. The predicted octanol–water partition coefficient (Wildman–Crippen LogP) is 4.40. The first-order chi connectivity index (χ1) is 9.63. The van der Waals surface area contributed by atoms with Crippen LogP contribution in [-0.4, -0.2) is 6.54 Å². The van der Waals surface area contributed by atoms with Gasteiger partial charge in [0.2, 0.25) is 0 Å². The third-order valence-electron chi connectivity index (χ3n) is 3.50. The standard InChI is InChI=1S/C18H22FN/c1-4-14-7-6-8-15(11-14)18(20-5-2)16-9-13(3)10-17(19)12-16/h6-12,18,20H,4-5H2,1-3H3. The van der Waals surface area contributed by atoms with E-state index in [0.717, 1.165) is 24.1 Å². The van der Waals surface area contributed by atoms with Crippen LogP contribution in [0.3, 0.4) is 0 Å². The summed E-state index contributed by atoms with van der Waals surface area (Å²) >= 11 is 0. The Kier molecular flexibility index (Phi) is 4.91. The van der Waals surface area contributed by atoms with E-state index in [1.165, 1.54) is 11.1 Å². The molecule has 0 aliphatic rings. The SMILES string of the molecule is CCNC(c1cc(C)cc(F)c1)c1cccc(CC)c1. The first kappa shape index (κ1) is 14.7. The van der Waals surface area contributed by atoms with E-state index in [2.05, 4.69) is 49.5 Å². The van der Waals surface area contributed by atoms with Crippen LogP contribution in [0, 0.1) is 12.7 Å². The van der Waals surface area contributed by atoms with E-state index < -0.39 is 0 Å². The molecule has 1 nitrogen and oxygen atoms in total. The molecule has 2 rings (SSSR count). The summed E-state index contributed by atoms with van der Waals surface area (Å²) in [6.45, 7) is 6.99.